The van der Waals surface area contributed by atoms with Crippen molar-refractivity contribution < 1.29 is 9.72 Å². The molecule has 18 heavy (non-hydrogen) atoms. The molecule has 0 N–H and O–H groups in total. The van der Waals surface area contributed by atoms with Crippen molar-refractivity contribution >= 4 is 22.8 Å². The molecule has 2 rings (SSSR count). The SMILES string of the molecule is CC(=O)c1cnc(-c2cc([N+](=O)[O-])ccc2C)s1. The van der Waals surface area contributed by atoms with Crippen molar-refractivity contribution in [1.82, 2.24) is 4.98 Å². The molecule has 0 bridgehead atoms. The Morgan fingerprint density at radius 1 is 1.44 bits per heavy atom. The number of non-ortho nitro benzene ring substituents is 1. The monoisotopic (exact) mass is 262 g/mol. The lowest BCUT2D eigenvalue weighted by atomic mass is 10.1. The van der Waals surface area contributed by atoms with Crippen LogP contribution in [0.1, 0.15) is 22.2 Å². The Bertz CT molecular complexity index is 634. The molecule has 0 aliphatic carbocycles. The smallest absolute Gasteiger partial charge is 0.270 e. The molecule has 0 aliphatic rings. The molecule has 1 heterocycles. The molecule has 1 aromatic heterocycles. The molecule has 0 atom stereocenters. The summed E-state index contributed by atoms with van der Waals surface area (Å²) in [5.41, 5.74) is 1.61. The van der Waals surface area contributed by atoms with E-state index in [2.05, 4.69) is 4.98 Å². The fourth-order valence-electron chi connectivity index (χ4n) is 1.52. The second-order valence-electron chi connectivity index (χ2n) is 3.84. The third kappa shape index (κ3) is 2.28. The average molecular weight is 262 g/mol. The van der Waals surface area contributed by atoms with E-state index in [9.17, 15) is 14.9 Å². The Morgan fingerprint density at radius 2 is 2.17 bits per heavy atom. The predicted molar refractivity (Wildman–Crippen MR) is 68.9 cm³/mol. The fraction of sp³-hybridized carbons (Fsp3) is 0.167. The van der Waals surface area contributed by atoms with E-state index >= 15 is 0 Å². The van der Waals surface area contributed by atoms with E-state index in [-0.39, 0.29) is 11.5 Å². The molecule has 5 nitrogen and oxygen atoms in total. The maximum absolute atomic E-state index is 11.2. The molecule has 1 aromatic carbocycles. The van der Waals surface area contributed by atoms with Crippen molar-refractivity contribution in [2.45, 2.75) is 13.8 Å². The zero-order chi connectivity index (χ0) is 13.3. The zero-order valence-corrected chi connectivity index (χ0v) is 10.7. The van der Waals surface area contributed by atoms with Crippen molar-refractivity contribution in [3.05, 3.63) is 45.0 Å². The van der Waals surface area contributed by atoms with Crippen LogP contribution in [0.25, 0.3) is 10.6 Å². The summed E-state index contributed by atoms with van der Waals surface area (Å²) >= 11 is 1.25. The van der Waals surface area contributed by atoms with Gasteiger partial charge >= 0.3 is 0 Å². The number of nitrogens with zero attached hydrogens (tertiary/aromatic N) is 2. The van der Waals surface area contributed by atoms with Crippen LogP contribution in [0, 0.1) is 17.0 Å². The van der Waals surface area contributed by atoms with Gasteiger partial charge in [-0.3, -0.25) is 14.9 Å². The van der Waals surface area contributed by atoms with Crippen LogP contribution in [0.15, 0.2) is 24.4 Å². The van der Waals surface area contributed by atoms with E-state index < -0.39 is 4.92 Å². The highest BCUT2D eigenvalue weighted by atomic mass is 32.1. The second-order valence-corrected chi connectivity index (χ2v) is 4.87. The van der Waals surface area contributed by atoms with E-state index in [1.54, 1.807) is 6.07 Å². The molecule has 0 spiro atoms. The third-order valence-corrected chi connectivity index (χ3v) is 3.65. The first-order chi connectivity index (χ1) is 8.49. The molecule has 0 saturated carbocycles. The number of thiazole rings is 1. The van der Waals surface area contributed by atoms with Gasteiger partial charge in [0.25, 0.3) is 5.69 Å². The second kappa shape index (κ2) is 4.66. The number of nitro groups is 1. The highest BCUT2D eigenvalue weighted by molar-refractivity contribution is 7.16. The first kappa shape index (κ1) is 12.4. The molecular weight excluding hydrogens is 252 g/mol. The fourth-order valence-corrected chi connectivity index (χ4v) is 2.41. The largest absolute Gasteiger partial charge is 0.294 e. The summed E-state index contributed by atoms with van der Waals surface area (Å²) in [5, 5.41) is 11.4. The summed E-state index contributed by atoms with van der Waals surface area (Å²) in [7, 11) is 0. The van der Waals surface area contributed by atoms with Gasteiger partial charge in [-0.1, -0.05) is 6.07 Å². The van der Waals surface area contributed by atoms with E-state index in [1.807, 2.05) is 6.92 Å². The zero-order valence-electron chi connectivity index (χ0n) is 9.84. The minimum absolute atomic E-state index is 0.0233. The van der Waals surface area contributed by atoms with Crippen molar-refractivity contribution in [1.29, 1.82) is 0 Å². The topological polar surface area (TPSA) is 73.1 Å². The maximum atomic E-state index is 11.2. The molecule has 0 aliphatic heterocycles. The summed E-state index contributed by atoms with van der Waals surface area (Å²) < 4.78 is 0. The summed E-state index contributed by atoms with van der Waals surface area (Å²) in [6, 6.07) is 4.62. The van der Waals surface area contributed by atoms with Crippen LogP contribution in [0.4, 0.5) is 5.69 Å². The van der Waals surface area contributed by atoms with Crippen LogP contribution in [0.5, 0.6) is 0 Å². The Kier molecular flexibility index (Phi) is 3.20. The first-order valence-electron chi connectivity index (χ1n) is 5.21. The quantitative estimate of drug-likeness (QED) is 0.483. The van der Waals surface area contributed by atoms with Gasteiger partial charge in [0, 0.05) is 30.8 Å². The van der Waals surface area contributed by atoms with Gasteiger partial charge in [0.05, 0.1) is 9.80 Å². The van der Waals surface area contributed by atoms with Crippen LogP contribution in [0.3, 0.4) is 0 Å². The lowest BCUT2D eigenvalue weighted by Crippen LogP contribution is -1.90. The van der Waals surface area contributed by atoms with E-state index in [0.717, 1.165) is 5.56 Å². The van der Waals surface area contributed by atoms with Crippen molar-refractivity contribution in [2.75, 3.05) is 0 Å². The minimum atomic E-state index is -0.442. The Hall–Kier alpha value is -2.08. The van der Waals surface area contributed by atoms with Gasteiger partial charge in [0.2, 0.25) is 0 Å². The number of ketones is 1. The molecule has 0 amide bonds. The molecule has 92 valence electrons. The number of aryl methyl sites for hydroxylation is 1. The summed E-state index contributed by atoms with van der Waals surface area (Å²) in [6.45, 7) is 3.32. The van der Waals surface area contributed by atoms with E-state index in [1.165, 1.54) is 36.6 Å². The number of carbonyl (C=O) groups excluding carboxylic acids is 1. The number of nitro benzene ring substituents is 1. The van der Waals surface area contributed by atoms with Crippen LogP contribution in [-0.2, 0) is 0 Å². The number of benzene rings is 1. The summed E-state index contributed by atoms with van der Waals surface area (Å²) in [4.78, 5) is 26.2. The number of aromatic nitrogens is 1. The predicted octanol–water partition coefficient (Wildman–Crippen LogP) is 3.23. The maximum Gasteiger partial charge on any atom is 0.270 e. The van der Waals surface area contributed by atoms with E-state index in [0.29, 0.717) is 15.4 Å². The third-order valence-electron chi connectivity index (χ3n) is 2.52. The van der Waals surface area contributed by atoms with Gasteiger partial charge in [0.15, 0.2) is 5.78 Å². The summed E-state index contributed by atoms with van der Waals surface area (Å²) in [5.74, 6) is -0.0539. The molecule has 0 fully saturated rings. The van der Waals surface area contributed by atoms with Crippen molar-refractivity contribution in [3.8, 4) is 10.6 Å². The molecule has 6 heteroatoms. The van der Waals surface area contributed by atoms with Crippen LogP contribution >= 0.6 is 11.3 Å². The molecular formula is C12H10N2O3S. The van der Waals surface area contributed by atoms with Gasteiger partial charge < -0.3 is 0 Å². The lowest BCUT2D eigenvalue weighted by molar-refractivity contribution is -0.384. The molecule has 0 saturated heterocycles. The first-order valence-corrected chi connectivity index (χ1v) is 6.03. The van der Waals surface area contributed by atoms with Crippen LogP contribution in [0.2, 0.25) is 0 Å². The van der Waals surface area contributed by atoms with Crippen molar-refractivity contribution in [2.24, 2.45) is 0 Å². The van der Waals surface area contributed by atoms with Gasteiger partial charge in [-0.2, -0.15) is 0 Å². The Balaban J connectivity index is 2.51. The average Bonchev–Trinajstić information content (AvgIpc) is 2.78. The molecule has 0 radical (unpaired) electrons. The summed E-state index contributed by atoms with van der Waals surface area (Å²) in [6.07, 6.45) is 1.50. The van der Waals surface area contributed by atoms with Crippen molar-refractivity contribution in [3.63, 3.8) is 0 Å². The Labute approximate surface area is 107 Å². The number of Topliss-reactive ketones (excluding diaryl/α,β-unsaturated/α-hetero) is 1. The number of rotatable bonds is 3. The van der Waals surface area contributed by atoms with E-state index in [4.69, 9.17) is 0 Å². The highest BCUT2D eigenvalue weighted by Gasteiger charge is 2.14. The van der Waals surface area contributed by atoms with Gasteiger partial charge in [-0.05, 0) is 12.5 Å². The number of hydrogen-bond acceptors (Lipinski definition) is 5. The number of hydrogen-bond donors (Lipinski definition) is 0. The molecule has 0 unspecified atom stereocenters. The normalized spacial score (nSPS) is 10.3. The van der Waals surface area contributed by atoms with Crippen LogP contribution in [-0.4, -0.2) is 15.7 Å². The van der Waals surface area contributed by atoms with Crippen LogP contribution < -0.4 is 0 Å². The Morgan fingerprint density at radius 3 is 2.72 bits per heavy atom. The molecule has 2 aromatic rings. The van der Waals surface area contributed by atoms with Gasteiger partial charge in [-0.15, -0.1) is 11.3 Å². The highest BCUT2D eigenvalue weighted by Crippen LogP contribution is 2.30. The standard InChI is InChI=1S/C12H10N2O3S/c1-7-3-4-9(14(16)17)5-10(7)12-13-6-11(18-12)8(2)15/h3-6H,1-2H3. The number of carbonyl (C=O) groups is 1. The minimum Gasteiger partial charge on any atom is -0.294 e. The lowest BCUT2D eigenvalue weighted by Gasteiger charge is -2.01. The van der Waals surface area contributed by atoms with Gasteiger partial charge in [0.1, 0.15) is 5.01 Å². The van der Waals surface area contributed by atoms with Gasteiger partial charge in [-0.25, -0.2) is 4.98 Å².